The summed E-state index contributed by atoms with van der Waals surface area (Å²) >= 11 is 0. The van der Waals surface area contributed by atoms with Crippen molar-refractivity contribution in [2.24, 2.45) is 41.4 Å². The minimum absolute atomic E-state index is 0.895. The predicted molar refractivity (Wildman–Crippen MR) is 57.4 cm³/mol. The van der Waals surface area contributed by atoms with Gasteiger partial charge in [0.25, 0.3) is 0 Å². The molecule has 2 aliphatic carbocycles. The SMILES string of the molecule is CCC(C(C)C)C1C(C)C2C(C)C21. The summed E-state index contributed by atoms with van der Waals surface area (Å²) in [4.78, 5) is 0. The van der Waals surface area contributed by atoms with Crippen molar-refractivity contribution < 1.29 is 0 Å². The first-order chi connectivity index (χ1) is 6.09. The summed E-state index contributed by atoms with van der Waals surface area (Å²) in [6.45, 7) is 12.1. The van der Waals surface area contributed by atoms with Crippen LogP contribution in [0.2, 0.25) is 0 Å². The van der Waals surface area contributed by atoms with Gasteiger partial charge in [0.2, 0.25) is 0 Å². The molecule has 2 fully saturated rings. The van der Waals surface area contributed by atoms with Crippen molar-refractivity contribution in [3.8, 4) is 0 Å². The van der Waals surface area contributed by atoms with Crippen molar-refractivity contribution in [1.29, 1.82) is 0 Å². The average molecular weight is 180 g/mol. The molecule has 0 saturated heterocycles. The van der Waals surface area contributed by atoms with E-state index in [4.69, 9.17) is 0 Å². The topological polar surface area (TPSA) is 0 Å². The fraction of sp³-hybridized carbons (Fsp3) is 1.00. The summed E-state index contributed by atoms with van der Waals surface area (Å²) in [5.74, 6) is 7.32. The molecule has 2 saturated carbocycles. The first-order valence-corrected chi connectivity index (χ1v) is 6.09. The molecular weight excluding hydrogens is 156 g/mol. The summed E-state index contributed by atoms with van der Waals surface area (Å²) in [5.41, 5.74) is 0. The highest BCUT2D eigenvalue weighted by Gasteiger charge is 2.66. The van der Waals surface area contributed by atoms with E-state index in [0.717, 1.165) is 41.4 Å². The zero-order chi connectivity index (χ0) is 9.75. The maximum Gasteiger partial charge on any atom is -0.0318 e. The van der Waals surface area contributed by atoms with Crippen molar-refractivity contribution >= 4 is 0 Å². The quantitative estimate of drug-likeness (QED) is 0.619. The second-order valence-corrected chi connectivity index (χ2v) is 5.77. The van der Waals surface area contributed by atoms with E-state index in [0.29, 0.717) is 0 Å². The lowest BCUT2D eigenvalue weighted by atomic mass is 9.64. The van der Waals surface area contributed by atoms with Crippen molar-refractivity contribution in [2.75, 3.05) is 0 Å². The van der Waals surface area contributed by atoms with Crippen LogP contribution >= 0.6 is 0 Å². The Labute approximate surface area is 83.1 Å². The molecule has 0 nitrogen and oxygen atoms in total. The van der Waals surface area contributed by atoms with Crippen LogP contribution in [0.3, 0.4) is 0 Å². The van der Waals surface area contributed by atoms with Gasteiger partial charge in [0.05, 0.1) is 0 Å². The first kappa shape index (κ1) is 9.55. The highest BCUT2D eigenvalue weighted by atomic mass is 14.7. The Kier molecular flexibility index (Phi) is 2.20. The van der Waals surface area contributed by atoms with Crippen molar-refractivity contribution in [3.63, 3.8) is 0 Å². The number of rotatable bonds is 3. The molecule has 0 radical (unpaired) electrons. The molecule has 0 N–H and O–H groups in total. The van der Waals surface area contributed by atoms with Crippen LogP contribution in [-0.2, 0) is 0 Å². The third-order valence-electron chi connectivity index (χ3n) is 5.00. The second-order valence-electron chi connectivity index (χ2n) is 5.77. The number of hydrogen-bond donors (Lipinski definition) is 0. The maximum absolute atomic E-state index is 2.49. The molecule has 76 valence electrons. The van der Waals surface area contributed by atoms with Gasteiger partial charge >= 0.3 is 0 Å². The molecule has 0 aromatic rings. The van der Waals surface area contributed by atoms with Crippen LogP contribution in [0, 0.1) is 41.4 Å². The highest BCUT2D eigenvalue weighted by Crippen LogP contribution is 2.70. The minimum atomic E-state index is 0.895. The average Bonchev–Trinajstić information content (AvgIpc) is 2.66. The Morgan fingerprint density at radius 1 is 1.00 bits per heavy atom. The van der Waals surface area contributed by atoms with Gasteiger partial charge in [0.15, 0.2) is 0 Å². The fourth-order valence-corrected chi connectivity index (χ4v) is 4.29. The third kappa shape index (κ3) is 1.17. The molecule has 13 heavy (non-hydrogen) atoms. The van der Waals surface area contributed by atoms with E-state index in [1.165, 1.54) is 6.42 Å². The molecule has 2 rings (SSSR count). The largest absolute Gasteiger partial charge is 0.0651 e. The van der Waals surface area contributed by atoms with E-state index in [-0.39, 0.29) is 0 Å². The van der Waals surface area contributed by atoms with E-state index in [9.17, 15) is 0 Å². The molecular formula is C13H24. The molecule has 0 aromatic heterocycles. The normalized spacial score (nSPS) is 49.8. The van der Waals surface area contributed by atoms with E-state index < -0.39 is 0 Å². The lowest BCUT2D eigenvalue weighted by Gasteiger charge is -2.41. The molecule has 0 amide bonds. The Hall–Kier alpha value is 0. The zero-order valence-corrected chi connectivity index (χ0v) is 9.75. The van der Waals surface area contributed by atoms with Gasteiger partial charge in [0.1, 0.15) is 0 Å². The Bertz CT molecular complexity index is 188. The van der Waals surface area contributed by atoms with Gasteiger partial charge in [-0.05, 0) is 41.4 Å². The molecule has 0 heteroatoms. The van der Waals surface area contributed by atoms with E-state index >= 15 is 0 Å². The summed E-state index contributed by atoms with van der Waals surface area (Å²) in [5, 5.41) is 0. The van der Waals surface area contributed by atoms with Crippen molar-refractivity contribution in [1.82, 2.24) is 0 Å². The molecule has 0 aromatic carbocycles. The minimum Gasteiger partial charge on any atom is -0.0651 e. The maximum atomic E-state index is 2.49. The smallest absolute Gasteiger partial charge is 0.0318 e. The lowest BCUT2D eigenvalue weighted by molar-refractivity contribution is 0.0696. The van der Waals surface area contributed by atoms with Crippen LogP contribution in [-0.4, -0.2) is 0 Å². The fourth-order valence-electron chi connectivity index (χ4n) is 4.29. The number of fused-ring (bicyclic) bond motifs is 1. The van der Waals surface area contributed by atoms with Crippen molar-refractivity contribution in [2.45, 2.75) is 41.0 Å². The van der Waals surface area contributed by atoms with Gasteiger partial charge in [-0.2, -0.15) is 0 Å². The third-order valence-corrected chi connectivity index (χ3v) is 5.00. The van der Waals surface area contributed by atoms with Gasteiger partial charge in [-0.3, -0.25) is 0 Å². The van der Waals surface area contributed by atoms with Crippen LogP contribution in [0.4, 0.5) is 0 Å². The molecule has 0 heterocycles. The molecule has 6 atom stereocenters. The van der Waals surface area contributed by atoms with E-state index in [1.807, 2.05) is 0 Å². The highest BCUT2D eigenvalue weighted by molar-refractivity contribution is 5.13. The molecule has 0 aliphatic heterocycles. The van der Waals surface area contributed by atoms with Crippen LogP contribution < -0.4 is 0 Å². The summed E-state index contributed by atoms with van der Waals surface area (Å²) < 4.78 is 0. The van der Waals surface area contributed by atoms with Gasteiger partial charge in [-0.25, -0.2) is 0 Å². The van der Waals surface area contributed by atoms with Crippen LogP contribution in [0.1, 0.15) is 41.0 Å². The molecule has 0 spiro atoms. The van der Waals surface area contributed by atoms with Gasteiger partial charge in [0, 0.05) is 0 Å². The predicted octanol–water partition coefficient (Wildman–Crippen LogP) is 3.82. The van der Waals surface area contributed by atoms with Crippen LogP contribution in [0.5, 0.6) is 0 Å². The zero-order valence-electron chi connectivity index (χ0n) is 9.75. The second kappa shape index (κ2) is 3.00. The summed E-state index contributed by atoms with van der Waals surface area (Å²) in [6.07, 6.45) is 1.39. The summed E-state index contributed by atoms with van der Waals surface area (Å²) in [6, 6.07) is 0. The first-order valence-electron chi connectivity index (χ1n) is 6.09. The van der Waals surface area contributed by atoms with Crippen LogP contribution in [0.15, 0.2) is 0 Å². The van der Waals surface area contributed by atoms with E-state index in [2.05, 4.69) is 34.6 Å². The monoisotopic (exact) mass is 180 g/mol. The Morgan fingerprint density at radius 3 is 1.92 bits per heavy atom. The Balaban J connectivity index is 2.01. The Morgan fingerprint density at radius 2 is 1.62 bits per heavy atom. The summed E-state index contributed by atoms with van der Waals surface area (Å²) in [7, 11) is 0. The standard InChI is InChI=1S/C13H24/c1-6-10(7(2)3)12-8(4)11-9(5)13(11)12/h7-13H,6H2,1-5H3. The van der Waals surface area contributed by atoms with Crippen molar-refractivity contribution in [3.05, 3.63) is 0 Å². The number of hydrogen-bond acceptors (Lipinski definition) is 0. The molecule has 0 bridgehead atoms. The van der Waals surface area contributed by atoms with Gasteiger partial charge in [-0.15, -0.1) is 0 Å². The van der Waals surface area contributed by atoms with E-state index in [1.54, 1.807) is 0 Å². The van der Waals surface area contributed by atoms with Crippen LogP contribution in [0.25, 0.3) is 0 Å². The molecule has 6 unspecified atom stereocenters. The molecule has 2 aliphatic rings. The van der Waals surface area contributed by atoms with Gasteiger partial charge in [-0.1, -0.05) is 41.0 Å². The lowest BCUT2D eigenvalue weighted by Crippen LogP contribution is -2.36. The van der Waals surface area contributed by atoms with Gasteiger partial charge < -0.3 is 0 Å².